The molecule has 0 aliphatic carbocycles. The van der Waals surface area contributed by atoms with Crippen molar-refractivity contribution < 1.29 is 23.5 Å². The lowest BCUT2D eigenvalue weighted by molar-refractivity contribution is -0.122. The highest BCUT2D eigenvalue weighted by Gasteiger charge is 2.23. The molecule has 0 aliphatic heterocycles. The summed E-state index contributed by atoms with van der Waals surface area (Å²) < 4.78 is 28.6. The second-order valence-corrected chi connectivity index (χ2v) is 10.5. The number of aliphatic hydroxyl groups is 1. The Bertz CT molecular complexity index is 1230. The molecule has 0 fully saturated rings. The average Bonchev–Trinajstić information content (AvgIpc) is 2.81. The number of aliphatic hydroxyl groups excluding tert-OH is 1. The van der Waals surface area contributed by atoms with Crippen LogP contribution >= 0.6 is 22.6 Å². The van der Waals surface area contributed by atoms with E-state index in [9.17, 15) is 23.5 Å². The molecule has 0 heterocycles. The van der Waals surface area contributed by atoms with E-state index < -0.39 is 29.7 Å². The van der Waals surface area contributed by atoms with Crippen molar-refractivity contribution in [3.8, 4) is 0 Å². The summed E-state index contributed by atoms with van der Waals surface area (Å²) in [7, 11) is 0. The lowest BCUT2D eigenvalue weighted by Crippen LogP contribution is -2.48. The zero-order valence-corrected chi connectivity index (χ0v) is 23.0. The Morgan fingerprint density at radius 3 is 2.35 bits per heavy atom. The number of carbonyl (C=O) groups excluding carboxylic acids is 2. The number of Topliss-reactive ketones (excluding diaryl/α,β-unsaturated/α-hetero) is 1. The Kier molecular flexibility index (Phi) is 10.7. The third kappa shape index (κ3) is 9.28. The first-order valence-corrected chi connectivity index (χ1v) is 13.2. The molecule has 3 N–H and O–H groups in total. The van der Waals surface area contributed by atoms with Crippen LogP contribution in [0.2, 0.25) is 0 Å². The Morgan fingerprint density at radius 2 is 1.68 bits per heavy atom. The van der Waals surface area contributed by atoms with Gasteiger partial charge in [0, 0.05) is 41.1 Å². The van der Waals surface area contributed by atoms with Crippen LogP contribution < -0.4 is 10.6 Å². The van der Waals surface area contributed by atoms with Crippen LogP contribution in [0.5, 0.6) is 0 Å². The van der Waals surface area contributed by atoms with Gasteiger partial charge in [-0.15, -0.1) is 0 Å². The number of hydrogen-bond donors (Lipinski definition) is 3. The number of amides is 1. The number of nitrogens with one attached hydrogen (secondary N) is 2. The summed E-state index contributed by atoms with van der Waals surface area (Å²) in [5.74, 6) is -2.02. The summed E-state index contributed by atoms with van der Waals surface area (Å²) in [5, 5.41) is 16.8. The van der Waals surface area contributed by atoms with Crippen molar-refractivity contribution in [2.24, 2.45) is 0 Å². The molecule has 0 unspecified atom stereocenters. The Morgan fingerprint density at radius 1 is 0.946 bits per heavy atom. The van der Waals surface area contributed by atoms with E-state index in [-0.39, 0.29) is 31.6 Å². The van der Waals surface area contributed by atoms with Crippen LogP contribution in [-0.4, -0.2) is 35.5 Å². The molecule has 3 aromatic carbocycles. The fourth-order valence-corrected chi connectivity index (χ4v) is 4.79. The van der Waals surface area contributed by atoms with Crippen LogP contribution in [0.4, 0.5) is 8.78 Å². The smallest absolute Gasteiger partial charge is 0.220 e. The second-order valence-electron chi connectivity index (χ2n) is 9.23. The molecule has 37 heavy (non-hydrogen) atoms. The fraction of sp³-hybridized carbons (Fsp3) is 0.310. The second kappa shape index (κ2) is 13.7. The maximum Gasteiger partial charge on any atom is 0.220 e. The van der Waals surface area contributed by atoms with Crippen LogP contribution in [-0.2, 0) is 17.8 Å². The van der Waals surface area contributed by atoms with Gasteiger partial charge in [0.05, 0.1) is 12.1 Å². The number of rotatable bonds is 12. The van der Waals surface area contributed by atoms with Crippen LogP contribution in [0.15, 0.2) is 60.7 Å². The van der Waals surface area contributed by atoms with Gasteiger partial charge in [-0.2, -0.15) is 0 Å². The van der Waals surface area contributed by atoms with E-state index in [1.807, 2.05) is 50.2 Å². The lowest BCUT2D eigenvalue weighted by Gasteiger charge is -2.25. The summed E-state index contributed by atoms with van der Waals surface area (Å²) >= 11 is 2.22. The number of halogens is 3. The molecular formula is C29H31F2IN2O3. The van der Waals surface area contributed by atoms with E-state index >= 15 is 0 Å². The lowest BCUT2D eigenvalue weighted by atomic mass is 9.98. The molecule has 1 amide bonds. The van der Waals surface area contributed by atoms with Crippen molar-refractivity contribution in [1.82, 2.24) is 10.6 Å². The van der Waals surface area contributed by atoms with E-state index in [0.29, 0.717) is 17.7 Å². The zero-order chi connectivity index (χ0) is 26.9. The molecule has 3 rings (SSSR count). The van der Waals surface area contributed by atoms with E-state index in [0.717, 1.165) is 26.3 Å². The van der Waals surface area contributed by atoms with Gasteiger partial charge in [0.2, 0.25) is 5.91 Å². The van der Waals surface area contributed by atoms with Gasteiger partial charge in [-0.3, -0.25) is 9.59 Å². The molecule has 0 aliphatic rings. The van der Waals surface area contributed by atoms with Crippen LogP contribution in [0.1, 0.15) is 45.5 Å². The van der Waals surface area contributed by atoms with Gasteiger partial charge in [-0.1, -0.05) is 35.9 Å². The molecule has 5 nitrogen and oxygen atoms in total. The van der Waals surface area contributed by atoms with Crippen molar-refractivity contribution in [3.05, 3.63) is 104 Å². The first kappa shape index (κ1) is 28.9. The minimum absolute atomic E-state index is 0.0119. The maximum atomic E-state index is 13.8. The van der Waals surface area contributed by atoms with Gasteiger partial charge in [-0.05, 0) is 83.8 Å². The number of benzene rings is 3. The van der Waals surface area contributed by atoms with Crippen molar-refractivity contribution in [3.63, 3.8) is 0 Å². The topological polar surface area (TPSA) is 78.4 Å². The van der Waals surface area contributed by atoms with Gasteiger partial charge in [0.25, 0.3) is 0 Å². The minimum atomic E-state index is -1.03. The zero-order valence-electron chi connectivity index (χ0n) is 20.9. The Labute approximate surface area is 229 Å². The van der Waals surface area contributed by atoms with Crippen LogP contribution in [0.25, 0.3) is 0 Å². The van der Waals surface area contributed by atoms with Gasteiger partial charge in [-0.25, -0.2) is 8.78 Å². The van der Waals surface area contributed by atoms with Crippen molar-refractivity contribution in [1.29, 1.82) is 0 Å². The van der Waals surface area contributed by atoms with Gasteiger partial charge >= 0.3 is 0 Å². The predicted octanol–water partition coefficient (Wildman–Crippen LogP) is 5.03. The van der Waals surface area contributed by atoms with E-state index in [2.05, 4.69) is 33.2 Å². The van der Waals surface area contributed by atoms with Crippen LogP contribution in [0.3, 0.4) is 0 Å². The predicted molar refractivity (Wildman–Crippen MR) is 148 cm³/mol. The van der Waals surface area contributed by atoms with Gasteiger partial charge in [0.15, 0.2) is 5.78 Å². The molecule has 2 atom stereocenters. The van der Waals surface area contributed by atoms with Crippen LogP contribution in [0, 0.1) is 29.1 Å². The first-order valence-electron chi connectivity index (χ1n) is 12.1. The number of ketones is 1. The summed E-state index contributed by atoms with van der Waals surface area (Å²) in [4.78, 5) is 25.4. The molecule has 0 bridgehead atoms. The Balaban J connectivity index is 1.63. The number of carbonyl (C=O) groups is 2. The summed E-state index contributed by atoms with van der Waals surface area (Å²) in [6.07, 6.45) is -1.06. The van der Waals surface area contributed by atoms with E-state index in [1.54, 1.807) is 6.07 Å². The molecule has 3 aromatic rings. The van der Waals surface area contributed by atoms with Crippen molar-refractivity contribution in [2.45, 2.75) is 51.8 Å². The van der Waals surface area contributed by atoms with Gasteiger partial charge in [0.1, 0.15) is 11.6 Å². The average molecular weight is 620 g/mol. The SMILES string of the molecule is Cc1ccc(C(=O)CCC(=O)N[C@@H](Cc2cc(F)cc(F)c2)[C@H](O)CNCc2cccc(I)c2)c(C)c1. The molecule has 196 valence electrons. The molecule has 0 spiro atoms. The van der Waals surface area contributed by atoms with Crippen molar-refractivity contribution in [2.75, 3.05) is 6.54 Å². The van der Waals surface area contributed by atoms with E-state index in [1.165, 1.54) is 12.1 Å². The van der Waals surface area contributed by atoms with E-state index in [4.69, 9.17) is 0 Å². The van der Waals surface area contributed by atoms with Gasteiger partial charge < -0.3 is 15.7 Å². The normalized spacial score (nSPS) is 12.7. The molecule has 0 radical (unpaired) electrons. The first-order chi connectivity index (χ1) is 17.6. The van der Waals surface area contributed by atoms with Crippen molar-refractivity contribution >= 4 is 34.3 Å². The summed E-state index contributed by atoms with van der Waals surface area (Å²) in [6.45, 7) is 4.46. The summed E-state index contributed by atoms with van der Waals surface area (Å²) in [6, 6.07) is 15.7. The standard InChI is InChI=1S/C29H31F2IN2O3/c1-18-6-7-25(19(2)10-18)27(35)8-9-29(37)34-26(14-21-11-22(30)15-23(31)12-21)28(36)17-33-16-20-4-3-5-24(32)13-20/h3-7,10-13,15,26,28,33,36H,8-9,14,16-17H2,1-2H3,(H,34,37)/t26-,28+/m0/s1. The Hall–Kier alpha value is -2.69. The number of hydrogen-bond acceptors (Lipinski definition) is 4. The highest BCUT2D eigenvalue weighted by atomic mass is 127. The quantitative estimate of drug-likeness (QED) is 0.196. The monoisotopic (exact) mass is 620 g/mol. The molecule has 8 heteroatoms. The minimum Gasteiger partial charge on any atom is -0.390 e. The summed E-state index contributed by atoms with van der Waals surface area (Å²) in [5.41, 5.74) is 3.83. The largest absolute Gasteiger partial charge is 0.390 e. The third-order valence-corrected chi connectivity index (χ3v) is 6.69. The maximum absolute atomic E-state index is 13.8. The molecule has 0 saturated carbocycles. The molecular weight excluding hydrogens is 589 g/mol. The molecule has 0 saturated heterocycles. The molecule has 0 aromatic heterocycles. The third-order valence-electron chi connectivity index (χ3n) is 6.02. The highest BCUT2D eigenvalue weighted by molar-refractivity contribution is 14.1. The number of aryl methyl sites for hydroxylation is 2. The highest BCUT2D eigenvalue weighted by Crippen LogP contribution is 2.15. The fourth-order valence-electron chi connectivity index (χ4n) is 4.19.